The molecule has 0 saturated carbocycles. The van der Waals surface area contributed by atoms with Gasteiger partial charge in [-0.3, -0.25) is 0 Å². The smallest absolute Gasteiger partial charge is 0.174 e. The first-order valence-corrected chi connectivity index (χ1v) is 8.03. The van der Waals surface area contributed by atoms with E-state index in [4.69, 9.17) is 17.0 Å². The first-order valence-electron chi connectivity index (χ1n) is 7.62. The summed E-state index contributed by atoms with van der Waals surface area (Å²) in [5, 5.41) is 13.8. The molecule has 0 aromatic heterocycles. The molecule has 5 heteroatoms. The molecule has 2 N–H and O–H groups in total. The second-order valence-corrected chi connectivity index (χ2v) is 5.89. The molecule has 2 rings (SSSR count). The number of ether oxygens (including phenoxy) is 1. The summed E-state index contributed by atoms with van der Waals surface area (Å²) in [7, 11) is 1.63. The lowest BCUT2D eigenvalue weighted by Gasteiger charge is -2.28. The van der Waals surface area contributed by atoms with Crippen molar-refractivity contribution in [1.82, 2.24) is 5.32 Å². The minimum atomic E-state index is 0.236. The summed E-state index contributed by atoms with van der Waals surface area (Å²) in [5.41, 5.74) is 2.60. The van der Waals surface area contributed by atoms with Gasteiger partial charge in [0.15, 0.2) is 5.11 Å². The van der Waals surface area contributed by atoms with E-state index in [1.807, 2.05) is 48.2 Å². The highest BCUT2D eigenvalue weighted by Gasteiger charge is 2.18. The molecule has 0 saturated heterocycles. The molecule has 0 heterocycles. The summed E-state index contributed by atoms with van der Waals surface area (Å²) in [6.45, 7) is 6.84. The van der Waals surface area contributed by atoms with Crippen LogP contribution in [0.5, 0.6) is 11.5 Å². The zero-order chi connectivity index (χ0) is 17.5. The summed E-state index contributed by atoms with van der Waals surface area (Å²) in [6.07, 6.45) is 0. The largest absolute Gasteiger partial charge is 0.508 e. The Hall–Kier alpha value is -2.53. The maximum absolute atomic E-state index is 10.1. The Morgan fingerprint density at radius 1 is 1.21 bits per heavy atom. The highest BCUT2D eigenvalue weighted by Crippen LogP contribution is 2.30. The topological polar surface area (TPSA) is 44.7 Å². The van der Waals surface area contributed by atoms with Crippen LogP contribution < -0.4 is 15.0 Å². The molecule has 0 aliphatic rings. The van der Waals surface area contributed by atoms with Crippen molar-refractivity contribution in [2.45, 2.75) is 13.5 Å². The minimum absolute atomic E-state index is 0.236. The number of phenolic OH excluding ortho intramolecular Hbond substituents is 1. The van der Waals surface area contributed by atoms with Gasteiger partial charge in [-0.2, -0.15) is 0 Å². The summed E-state index contributed by atoms with van der Waals surface area (Å²) < 4.78 is 5.46. The fourth-order valence-corrected chi connectivity index (χ4v) is 2.49. The van der Waals surface area contributed by atoms with Crippen molar-refractivity contribution in [3.63, 3.8) is 0 Å². The number of methoxy groups -OCH3 is 1. The number of thiocarbonyl (C=S) groups is 1. The Bertz CT molecular complexity index is 731. The molecule has 0 atom stereocenters. The standard InChI is InChI=1S/C19H22N2O2S/c1-14(2)12-20-19(24)21(13-15-8-4-6-10-17(15)22)16-9-5-7-11-18(16)23-3/h4-11,22H,1,12-13H2,2-3H3,(H,20,24). The molecule has 0 amide bonds. The van der Waals surface area contributed by atoms with E-state index in [2.05, 4.69) is 11.9 Å². The Balaban J connectivity index is 2.35. The molecule has 126 valence electrons. The van der Waals surface area contributed by atoms with Gasteiger partial charge >= 0.3 is 0 Å². The summed E-state index contributed by atoms with van der Waals surface area (Å²) >= 11 is 5.56. The van der Waals surface area contributed by atoms with Gasteiger partial charge in [-0.15, -0.1) is 0 Å². The molecule has 0 radical (unpaired) electrons. The average molecular weight is 342 g/mol. The number of hydrogen-bond acceptors (Lipinski definition) is 3. The first kappa shape index (κ1) is 17.8. The minimum Gasteiger partial charge on any atom is -0.508 e. The van der Waals surface area contributed by atoms with Crippen LogP contribution in [0.1, 0.15) is 12.5 Å². The van der Waals surface area contributed by atoms with Gasteiger partial charge in [0, 0.05) is 12.1 Å². The zero-order valence-corrected chi connectivity index (χ0v) is 14.8. The Kier molecular flexibility index (Phi) is 6.21. The van der Waals surface area contributed by atoms with Crippen molar-refractivity contribution in [2.24, 2.45) is 0 Å². The van der Waals surface area contributed by atoms with Gasteiger partial charge in [0.2, 0.25) is 0 Å². The molecule has 0 aliphatic carbocycles. The third kappa shape index (κ3) is 4.49. The van der Waals surface area contributed by atoms with Crippen LogP contribution in [-0.2, 0) is 6.54 Å². The van der Waals surface area contributed by atoms with Gasteiger partial charge in [0.05, 0.1) is 19.3 Å². The van der Waals surface area contributed by atoms with Gasteiger partial charge in [-0.1, -0.05) is 42.5 Å². The van der Waals surface area contributed by atoms with E-state index in [1.54, 1.807) is 19.2 Å². The van der Waals surface area contributed by atoms with Gasteiger partial charge in [0.1, 0.15) is 11.5 Å². The van der Waals surface area contributed by atoms with E-state index < -0.39 is 0 Å². The quantitative estimate of drug-likeness (QED) is 0.616. The Morgan fingerprint density at radius 2 is 1.88 bits per heavy atom. The molecule has 0 spiro atoms. The monoisotopic (exact) mass is 342 g/mol. The lowest BCUT2D eigenvalue weighted by atomic mass is 10.1. The van der Waals surface area contributed by atoms with Crippen LogP contribution in [0, 0.1) is 0 Å². The molecule has 0 bridgehead atoms. The third-order valence-corrected chi connectivity index (χ3v) is 3.85. The molecular weight excluding hydrogens is 320 g/mol. The van der Waals surface area contributed by atoms with Gasteiger partial charge in [-0.05, 0) is 37.3 Å². The van der Waals surface area contributed by atoms with Crippen LogP contribution in [0.3, 0.4) is 0 Å². The predicted octanol–water partition coefficient (Wildman–Crippen LogP) is 3.86. The number of nitrogens with one attached hydrogen (secondary N) is 1. The molecule has 24 heavy (non-hydrogen) atoms. The number of benzene rings is 2. The van der Waals surface area contributed by atoms with Crippen LogP contribution in [0.4, 0.5) is 5.69 Å². The highest BCUT2D eigenvalue weighted by molar-refractivity contribution is 7.80. The average Bonchev–Trinajstić information content (AvgIpc) is 2.59. The van der Waals surface area contributed by atoms with E-state index in [-0.39, 0.29) is 5.75 Å². The normalized spacial score (nSPS) is 10.1. The molecule has 0 fully saturated rings. The van der Waals surface area contributed by atoms with Crippen molar-refractivity contribution in [3.8, 4) is 11.5 Å². The number of hydrogen-bond donors (Lipinski definition) is 2. The number of para-hydroxylation sites is 3. The maximum Gasteiger partial charge on any atom is 0.174 e. The van der Waals surface area contributed by atoms with E-state index >= 15 is 0 Å². The fraction of sp³-hybridized carbons (Fsp3) is 0.211. The first-order chi connectivity index (χ1) is 11.5. The van der Waals surface area contributed by atoms with Crippen LogP contribution in [0.2, 0.25) is 0 Å². The Labute approximate surface area is 148 Å². The number of nitrogens with zero attached hydrogens (tertiary/aromatic N) is 1. The van der Waals surface area contributed by atoms with Crippen molar-refractivity contribution in [3.05, 3.63) is 66.2 Å². The van der Waals surface area contributed by atoms with Crippen molar-refractivity contribution in [1.29, 1.82) is 0 Å². The van der Waals surface area contributed by atoms with Crippen molar-refractivity contribution in [2.75, 3.05) is 18.6 Å². The van der Waals surface area contributed by atoms with Crippen LogP contribution in [-0.4, -0.2) is 23.9 Å². The highest BCUT2D eigenvalue weighted by atomic mass is 32.1. The fourth-order valence-electron chi connectivity index (χ4n) is 2.26. The number of aromatic hydroxyl groups is 1. The number of phenols is 1. The van der Waals surface area contributed by atoms with Gasteiger partial charge in [0.25, 0.3) is 0 Å². The molecule has 2 aromatic carbocycles. The molecule has 0 unspecified atom stereocenters. The summed E-state index contributed by atoms with van der Waals surface area (Å²) in [5.74, 6) is 0.951. The second kappa shape index (κ2) is 8.36. The van der Waals surface area contributed by atoms with Crippen molar-refractivity contribution < 1.29 is 9.84 Å². The molecule has 2 aromatic rings. The predicted molar refractivity (Wildman–Crippen MR) is 103 cm³/mol. The van der Waals surface area contributed by atoms with Crippen molar-refractivity contribution >= 4 is 23.0 Å². The molecule has 0 aliphatic heterocycles. The van der Waals surface area contributed by atoms with E-state index in [0.717, 1.165) is 16.8 Å². The number of rotatable bonds is 6. The van der Waals surface area contributed by atoms with Crippen LogP contribution in [0.15, 0.2) is 60.7 Å². The van der Waals surface area contributed by atoms with Crippen LogP contribution >= 0.6 is 12.2 Å². The summed E-state index contributed by atoms with van der Waals surface area (Å²) in [4.78, 5) is 1.91. The van der Waals surface area contributed by atoms with E-state index in [9.17, 15) is 5.11 Å². The maximum atomic E-state index is 10.1. The summed E-state index contributed by atoms with van der Waals surface area (Å²) in [6, 6.07) is 14.9. The number of anilines is 1. The third-order valence-electron chi connectivity index (χ3n) is 3.48. The van der Waals surface area contributed by atoms with E-state index in [1.165, 1.54) is 0 Å². The molecular formula is C19H22N2O2S. The lowest BCUT2D eigenvalue weighted by molar-refractivity contribution is 0.415. The second-order valence-electron chi connectivity index (χ2n) is 5.50. The van der Waals surface area contributed by atoms with Crippen LogP contribution in [0.25, 0.3) is 0 Å². The Morgan fingerprint density at radius 3 is 2.54 bits per heavy atom. The lowest BCUT2D eigenvalue weighted by Crippen LogP contribution is -2.40. The van der Waals surface area contributed by atoms with E-state index in [0.29, 0.717) is 24.0 Å². The zero-order valence-electron chi connectivity index (χ0n) is 14.0. The SMILES string of the molecule is C=C(C)CNC(=S)N(Cc1ccccc1O)c1ccccc1OC. The molecule has 4 nitrogen and oxygen atoms in total. The van der Waals surface area contributed by atoms with Gasteiger partial charge < -0.3 is 20.1 Å². The van der Waals surface area contributed by atoms with Gasteiger partial charge in [-0.25, -0.2) is 0 Å².